The maximum Gasteiger partial charge on any atom is 0.322 e. The van der Waals surface area contributed by atoms with Gasteiger partial charge in [0.25, 0.3) is 0 Å². The molecule has 0 fully saturated rings. The van der Waals surface area contributed by atoms with Crippen molar-refractivity contribution in [3.05, 3.63) is 90.1 Å². The number of carbonyl (C=O) groups is 2. The van der Waals surface area contributed by atoms with Crippen molar-refractivity contribution >= 4 is 40.3 Å². The minimum atomic E-state index is -0.351. The highest BCUT2D eigenvalue weighted by molar-refractivity contribution is 7.98. The molecule has 0 atom stereocenters. The highest BCUT2D eigenvalue weighted by Crippen LogP contribution is 2.22. The van der Waals surface area contributed by atoms with Crippen molar-refractivity contribution in [2.45, 2.75) is 17.9 Å². The molecule has 0 spiro atoms. The van der Waals surface area contributed by atoms with Gasteiger partial charge in [-0.15, -0.1) is 11.8 Å². The Bertz CT molecular complexity index is 1410. The van der Waals surface area contributed by atoms with E-state index in [0.29, 0.717) is 31.8 Å². The number of para-hydroxylation sites is 2. The van der Waals surface area contributed by atoms with Crippen LogP contribution in [0.1, 0.15) is 11.1 Å². The number of fused-ring (bicyclic) bond motifs is 1. The zero-order valence-electron chi connectivity index (χ0n) is 23.2. The van der Waals surface area contributed by atoms with Gasteiger partial charge in [0, 0.05) is 60.0 Å². The van der Waals surface area contributed by atoms with Crippen LogP contribution in [-0.2, 0) is 22.5 Å². The summed E-state index contributed by atoms with van der Waals surface area (Å²) >= 11 is 1.63. The SMILES string of the molecule is COCCN(CC(=O)N(CCc1c[nH]c2ccccc12)Cc1ccccc1OC)C(=O)Nc1ccc(SC)cc1. The standard InChI is InChI=1S/C31H36N4O4S/c1-38-19-18-35(31(37)33-25-12-14-26(40-3)15-13-25)22-30(36)34(21-24-8-4-7-11-29(24)39-2)17-16-23-20-32-28-10-6-5-9-27(23)28/h4-15,20,32H,16-19,21-22H2,1-3H3,(H,33,37). The van der Waals surface area contributed by atoms with Gasteiger partial charge >= 0.3 is 6.03 Å². The number of benzene rings is 3. The van der Waals surface area contributed by atoms with Gasteiger partial charge in [-0.25, -0.2) is 4.79 Å². The molecule has 210 valence electrons. The van der Waals surface area contributed by atoms with E-state index in [0.717, 1.165) is 32.7 Å². The van der Waals surface area contributed by atoms with Crippen LogP contribution in [0, 0.1) is 0 Å². The fourth-order valence-corrected chi connectivity index (χ4v) is 4.93. The van der Waals surface area contributed by atoms with Crippen LogP contribution in [0.2, 0.25) is 0 Å². The van der Waals surface area contributed by atoms with Crippen molar-refractivity contribution in [2.24, 2.45) is 0 Å². The molecule has 9 heteroatoms. The van der Waals surface area contributed by atoms with E-state index >= 15 is 0 Å². The Hall–Kier alpha value is -3.95. The molecule has 0 bridgehead atoms. The molecule has 1 heterocycles. The fourth-order valence-electron chi connectivity index (χ4n) is 4.52. The average molecular weight is 561 g/mol. The van der Waals surface area contributed by atoms with Crippen LogP contribution in [0.15, 0.2) is 83.9 Å². The van der Waals surface area contributed by atoms with Gasteiger partial charge in [0.05, 0.1) is 13.7 Å². The normalized spacial score (nSPS) is 10.9. The Morgan fingerprint density at radius 3 is 2.40 bits per heavy atom. The minimum absolute atomic E-state index is 0.0822. The second-order valence-corrected chi connectivity index (χ2v) is 10.2. The molecule has 8 nitrogen and oxygen atoms in total. The number of H-pyrrole nitrogens is 1. The molecule has 0 radical (unpaired) electrons. The third-order valence-electron chi connectivity index (χ3n) is 6.75. The lowest BCUT2D eigenvalue weighted by Crippen LogP contribution is -2.46. The van der Waals surface area contributed by atoms with Crippen LogP contribution in [0.5, 0.6) is 5.75 Å². The zero-order valence-corrected chi connectivity index (χ0v) is 24.0. The number of amides is 3. The molecule has 3 aromatic carbocycles. The molecule has 0 aliphatic carbocycles. The number of hydrogen-bond donors (Lipinski definition) is 2. The Morgan fingerprint density at radius 2 is 1.65 bits per heavy atom. The number of aromatic amines is 1. The highest BCUT2D eigenvalue weighted by atomic mass is 32.2. The Labute approximate surface area is 239 Å². The number of nitrogens with one attached hydrogen (secondary N) is 2. The lowest BCUT2D eigenvalue weighted by atomic mass is 10.1. The summed E-state index contributed by atoms with van der Waals surface area (Å²) in [5.74, 6) is 0.560. The van der Waals surface area contributed by atoms with Gasteiger partial charge in [-0.2, -0.15) is 0 Å². The maximum atomic E-state index is 13.8. The van der Waals surface area contributed by atoms with Gasteiger partial charge in [-0.3, -0.25) is 4.79 Å². The summed E-state index contributed by atoms with van der Waals surface area (Å²) in [6.45, 7) is 1.35. The molecule has 0 saturated heterocycles. The summed E-state index contributed by atoms with van der Waals surface area (Å²) in [7, 11) is 3.20. The first-order valence-electron chi connectivity index (χ1n) is 13.2. The third-order valence-corrected chi connectivity index (χ3v) is 7.50. The van der Waals surface area contributed by atoms with Crippen LogP contribution in [0.25, 0.3) is 10.9 Å². The van der Waals surface area contributed by atoms with Crippen LogP contribution in [0.4, 0.5) is 10.5 Å². The number of carbonyl (C=O) groups excluding carboxylic acids is 2. The number of nitrogens with zero attached hydrogens (tertiary/aromatic N) is 2. The molecule has 4 aromatic rings. The van der Waals surface area contributed by atoms with E-state index in [9.17, 15) is 9.59 Å². The first-order chi connectivity index (χ1) is 19.5. The van der Waals surface area contributed by atoms with E-state index in [1.165, 1.54) is 4.90 Å². The monoisotopic (exact) mass is 560 g/mol. The predicted molar refractivity (Wildman–Crippen MR) is 161 cm³/mol. The van der Waals surface area contributed by atoms with Crippen molar-refractivity contribution in [1.29, 1.82) is 0 Å². The van der Waals surface area contributed by atoms with Crippen molar-refractivity contribution in [1.82, 2.24) is 14.8 Å². The highest BCUT2D eigenvalue weighted by Gasteiger charge is 2.23. The maximum absolute atomic E-state index is 13.8. The molecule has 3 amide bonds. The smallest absolute Gasteiger partial charge is 0.322 e. The lowest BCUT2D eigenvalue weighted by molar-refractivity contribution is -0.132. The second kappa shape index (κ2) is 14.4. The van der Waals surface area contributed by atoms with Gasteiger partial charge in [-0.05, 0) is 54.6 Å². The molecule has 2 N–H and O–H groups in total. The van der Waals surface area contributed by atoms with E-state index in [4.69, 9.17) is 9.47 Å². The first-order valence-corrected chi connectivity index (χ1v) is 14.4. The topological polar surface area (TPSA) is 86.9 Å². The minimum Gasteiger partial charge on any atom is -0.496 e. The predicted octanol–water partition coefficient (Wildman–Crippen LogP) is 5.65. The molecule has 40 heavy (non-hydrogen) atoms. The zero-order chi connectivity index (χ0) is 28.3. The van der Waals surface area contributed by atoms with Crippen LogP contribution in [-0.4, -0.2) is 73.4 Å². The molecule has 0 aliphatic heterocycles. The van der Waals surface area contributed by atoms with E-state index in [-0.39, 0.29) is 25.0 Å². The second-order valence-electron chi connectivity index (χ2n) is 9.31. The van der Waals surface area contributed by atoms with Gasteiger partial charge in [-0.1, -0.05) is 36.4 Å². The summed E-state index contributed by atoms with van der Waals surface area (Å²) in [4.78, 5) is 34.7. The number of anilines is 1. The van der Waals surface area contributed by atoms with Crippen molar-refractivity contribution in [2.75, 3.05) is 52.0 Å². The molecule has 0 aliphatic rings. The number of methoxy groups -OCH3 is 2. The van der Waals surface area contributed by atoms with Crippen molar-refractivity contribution < 1.29 is 19.1 Å². The van der Waals surface area contributed by atoms with Gasteiger partial charge in [0.2, 0.25) is 5.91 Å². The summed E-state index contributed by atoms with van der Waals surface area (Å²) < 4.78 is 10.8. The number of thioether (sulfide) groups is 1. The molecule has 0 unspecified atom stereocenters. The van der Waals surface area contributed by atoms with Crippen LogP contribution >= 0.6 is 11.8 Å². The molecule has 1 aromatic heterocycles. The number of aromatic nitrogens is 1. The summed E-state index contributed by atoms with van der Waals surface area (Å²) in [5.41, 5.74) is 3.77. The van der Waals surface area contributed by atoms with E-state index < -0.39 is 0 Å². The lowest BCUT2D eigenvalue weighted by Gasteiger charge is -2.28. The first kappa shape index (κ1) is 29.0. The van der Waals surface area contributed by atoms with Gasteiger partial charge < -0.3 is 29.6 Å². The van der Waals surface area contributed by atoms with Crippen LogP contribution < -0.4 is 10.1 Å². The quantitative estimate of drug-likeness (QED) is 0.206. The van der Waals surface area contributed by atoms with E-state index in [2.05, 4.69) is 16.4 Å². The summed E-state index contributed by atoms with van der Waals surface area (Å²) in [5, 5.41) is 4.06. The number of hydrogen-bond acceptors (Lipinski definition) is 5. The number of ether oxygens (including phenoxy) is 2. The Balaban J connectivity index is 1.52. The van der Waals surface area contributed by atoms with Crippen molar-refractivity contribution in [3.63, 3.8) is 0 Å². The summed E-state index contributed by atoms with van der Waals surface area (Å²) in [6, 6.07) is 23.1. The van der Waals surface area contributed by atoms with E-state index in [1.807, 2.05) is 79.2 Å². The molecule has 4 rings (SSSR count). The number of rotatable bonds is 13. The molecule has 0 saturated carbocycles. The Kier molecular flexibility index (Phi) is 10.5. The number of urea groups is 1. The van der Waals surface area contributed by atoms with Crippen molar-refractivity contribution in [3.8, 4) is 5.75 Å². The van der Waals surface area contributed by atoms with Gasteiger partial charge in [0.1, 0.15) is 12.3 Å². The van der Waals surface area contributed by atoms with E-state index in [1.54, 1.807) is 30.9 Å². The fraction of sp³-hybridized carbons (Fsp3) is 0.290. The average Bonchev–Trinajstić information content (AvgIpc) is 3.40. The summed E-state index contributed by atoms with van der Waals surface area (Å²) in [6.07, 6.45) is 4.66. The van der Waals surface area contributed by atoms with Crippen LogP contribution in [0.3, 0.4) is 0 Å². The van der Waals surface area contributed by atoms with Gasteiger partial charge in [0.15, 0.2) is 0 Å². The molecular weight excluding hydrogens is 524 g/mol. The Morgan fingerprint density at radius 1 is 0.900 bits per heavy atom. The third kappa shape index (κ3) is 7.58. The largest absolute Gasteiger partial charge is 0.496 e. The molecular formula is C31H36N4O4S.